The lowest BCUT2D eigenvalue weighted by Gasteiger charge is -2.46. The minimum absolute atomic E-state index is 0.0577. The van der Waals surface area contributed by atoms with Crippen molar-refractivity contribution in [2.24, 2.45) is 0 Å². The first-order valence-electron chi connectivity index (χ1n) is 12.0. The van der Waals surface area contributed by atoms with Crippen molar-refractivity contribution in [2.75, 3.05) is 20.1 Å². The van der Waals surface area contributed by atoms with Crippen LogP contribution in [0.25, 0.3) is 0 Å². The Labute approximate surface area is 211 Å². The highest BCUT2D eigenvalue weighted by molar-refractivity contribution is 7.98. The van der Waals surface area contributed by atoms with Crippen LogP contribution in [0.2, 0.25) is 0 Å². The minimum atomic E-state index is -0.233. The number of piperidine rings is 1. The van der Waals surface area contributed by atoms with E-state index < -0.39 is 0 Å². The summed E-state index contributed by atoms with van der Waals surface area (Å²) in [7, 11) is 2.15. The lowest BCUT2D eigenvalue weighted by atomic mass is 9.80. The number of fused-ring (bicyclic) bond motifs is 1. The summed E-state index contributed by atoms with van der Waals surface area (Å²) in [5, 5.41) is 12.4. The molecule has 35 heavy (non-hydrogen) atoms. The maximum Gasteiger partial charge on any atom is 0.252 e. The van der Waals surface area contributed by atoms with Crippen molar-refractivity contribution in [3.05, 3.63) is 95.1 Å². The third-order valence-electron chi connectivity index (χ3n) is 7.01. The van der Waals surface area contributed by atoms with E-state index in [1.54, 1.807) is 11.8 Å². The highest BCUT2D eigenvalue weighted by Gasteiger charge is 2.43. The summed E-state index contributed by atoms with van der Waals surface area (Å²) in [6.07, 6.45) is 2.70. The van der Waals surface area contributed by atoms with Crippen LogP contribution >= 0.6 is 11.8 Å². The van der Waals surface area contributed by atoms with Crippen molar-refractivity contribution < 1.29 is 9.53 Å². The van der Waals surface area contributed by atoms with Gasteiger partial charge in [0.05, 0.1) is 23.2 Å². The first-order valence-corrected chi connectivity index (χ1v) is 13.0. The number of likely N-dealkylation sites (tertiary alicyclic amines) is 1. The molecule has 2 aliphatic heterocycles. The van der Waals surface area contributed by atoms with Gasteiger partial charge in [-0.25, -0.2) is 0 Å². The van der Waals surface area contributed by atoms with Gasteiger partial charge >= 0.3 is 0 Å². The number of benzene rings is 3. The molecule has 1 amide bonds. The van der Waals surface area contributed by atoms with Gasteiger partial charge in [0.15, 0.2) is 0 Å². The molecular formula is C29H29N3O2S. The standard InChI is InChI=1S/C29H29N3O2S/c1-32-16-14-29(15-17-32)18-25(23-6-2-4-8-26(23)34-29)31-28(33)24-7-3-5-9-27(24)35-20-22-12-10-21(19-30)11-13-22/h2-13,25H,14-18,20H2,1H3,(H,31,33). The zero-order valence-corrected chi connectivity index (χ0v) is 20.7. The summed E-state index contributed by atoms with van der Waals surface area (Å²) in [5.74, 6) is 1.56. The van der Waals surface area contributed by atoms with Crippen LogP contribution in [0.5, 0.6) is 5.75 Å². The van der Waals surface area contributed by atoms with E-state index in [0.29, 0.717) is 11.1 Å². The molecule has 2 heterocycles. The number of rotatable bonds is 5. The molecule has 0 saturated carbocycles. The van der Waals surface area contributed by atoms with Crippen molar-refractivity contribution in [3.8, 4) is 11.8 Å². The number of nitrogens with one attached hydrogen (secondary N) is 1. The van der Waals surface area contributed by atoms with Gasteiger partial charge < -0.3 is 15.0 Å². The maximum absolute atomic E-state index is 13.6. The molecule has 0 bridgehead atoms. The summed E-state index contributed by atoms with van der Waals surface area (Å²) in [4.78, 5) is 16.8. The molecule has 1 atom stereocenters. The van der Waals surface area contributed by atoms with Crippen LogP contribution in [0.3, 0.4) is 0 Å². The SMILES string of the molecule is CN1CCC2(CC1)CC(NC(=O)c1ccccc1SCc1ccc(C#N)cc1)c1ccccc1O2. The maximum atomic E-state index is 13.6. The van der Waals surface area contributed by atoms with E-state index in [1.807, 2.05) is 66.7 Å². The zero-order chi connectivity index (χ0) is 24.3. The predicted octanol–water partition coefficient (Wildman–Crippen LogP) is 5.57. The van der Waals surface area contributed by atoms with Crippen molar-refractivity contribution in [1.82, 2.24) is 10.2 Å². The smallest absolute Gasteiger partial charge is 0.252 e. The fraction of sp³-hybridized carbons (Fsp3) is 0.310. The van der Waals surface area contributed by atoms with Crippen molar-refractivity contribution in [1.29, 1.82) is 5.26 Å². The molecular weight excluding hydrogens is 454 g/mol. The summed E-state index contributed by atoms with van der Waals surface area (Å²) in [5.41, 5.74) is 3.27. The quantitative estimate of drug-likeness (QED) is 0.481. The van der Waals surface area contributed by atoms with E-state index in [-0.39, 0.29) is 17.6 Å². The molecule has 0 aliphatic carbocycles. The Hall–Kier alpha value is -3.27. The lowest BCUT2D eigenvalue weighted by molar-refractivity contribution is -0.0195. The highest BCUT2D eigenvalue weighted by Crippen LogP contribution is 2.44. The van der Waals surface area contributed by atoms with E-state index in [9.17, 15) is 4.79 Å². The number of hydrogen-bond donors (Lipinski definition) is 1. The van der Waals surface area contributed by atoms with Crippen LogP contribution in [0.1, 0.15) is 52.4 Å². The van der Waals surface area contributed by atoms with Crippen molar-refractivity contribution >= 4 is 17.7 Å². The Morgan fingerprint density at radius 3 is 2.57 bits per heavy atom. The highest BCUT2D eigenvalue weighted by atomic mass is 32.2. The minimum Gasteiger partial charge on any atom is -0.487 e. The predicted molar refractivity (Wildman–Crippen MR) is 139 cm³/mol. The Balaban J connectivity index is 1.34. The Morgan fingerprint density at radius 1 is 1.09 bits per heavy atom. The first kappa shape index (κ1) is 23.5. The summed E-state index contributed by atoms with van der Waals surface area (Å²) in [6.45, 7) is 2.00. The topological polar surface area (TPSA) is 65.4 Å². The average molecular weight is 484 g/mol. The molecule has 6 heteroatoms. The van der Waals surface area contributed by atoms with E-state index in [0.717, 1.165) is 59.9 Å². The van der Waals surface area contributed by atoms with Gasteiger partial charge in [-0.2, -0.15) is 5.26 Å². The largest absolute Gasteiger partial charge is 0.487 e. The second kappa shape index (κ2) is 10.2. The lowest BCUT2D eigenvalue weighted by Crippen LogP contribution is -2.51. The number of nitriles is 1. The second-order valence-electron chi connectivity index (χ2n) is 9.45. The Bertz CT molecular complexity index is 1240. The van der Waals surface area contributed by atoms with Gasteiger partial charge in [0.1, 0.15) is 11.4 Å². The number of para-hydroxylation sites is 1. The molecule has 178 valence electrons. The molecule has 3 aromatic carbocycles. The normalized spacial score (nSPS) is 18.8. The third-order valence-corrected chi connectivity index (χ3v) is 8.15. The summed E-state index contributed by atoms with van der Waals surface area (Å²) in [6, 6.07) is 25.5. The van der Waals surface area contributed by atoms with Gasteiger partial charge in [0.25, 0.3) is 5.91 Å². The molecule has 1 spiro atoms. The Morgan fingerprint density at radius 2 is 1.80 bits per heavy atom. The van der Waals surface area contributed by atoms with Gasteiger partial charge in [-0.05, 0) is 55.8 Å². The molecule has 3 aromatic rings. The van der Waals surface area contributed by atoms with E-state index in [1.165, 1.54) is 0 Å². The molecule has 1 saturated heterocycles. The molecule has 5 nitrogen and oxygen atoms in total. The van der Waals surface area contributed by atoms with Crippen LogP contribution in [0.4, 0.5) is 0 Å². The van der Waals surface area contributed by atoms with Gasteiger partial charge in [-0.1, -0.05) is 42.5 Å². The number of thioether (sulfide) groups is 1. The average Bonchev–Trinajstić information content (AvgIpc) is 2.90. The molecule has 1 fully saturated rings. The van der Waals surface area contributed by atoms with Crippen molar-refractivity contribution in [2.45, 2.75) is 41.6 Å². The number of nitrogens with zero attached hydrogens (tertiary/aromatic N) is 2. The second-order valence-corrected chi connectivity index (χ2v) is 10.5. The molecule has 5 rings (SSSR count). The summed E-state index contributed by atoms with van der Waals surface area (Å²) >= 11 is 1.64. The molecule has 1 N–H and O–H groups in total. The third kappa shape index (κ3) is 5.22. The first-order chi connectivity index (χ1) is 17.0. The Kier molecular flexibility index (Phi) is 6.81. The number of amides is 1. The van der Waals surface area contributed by atoms with Gasteiger partial charge in [0.2, 0.25) is 0 Å². The van der Waals surface area contributed by atoms with E-state index >= 15 is 0 Å². The fourth-order valence-corrected chi connectivity index (χ4v) is 5.94. The number of carbonyl (C=O) groups is 1. The monoisotopic (exact) mass is 483 g/mol. The van der Waals surface area contributed by atoms with Crippen LogP contribution in [0, 0.1) is 11.3 Å². The zero-order valence-electron chi connectivity index (χ0n) is 19.9. The van der Waals surface area contributed by atoms with E-state index in [4.69, 9.17) is 10.00 Å². The van der Waals surface area contributed by atoms with Crippen LogP contribution in [0.15, 0.2) is 77.7 Å². The van der Waals surface area contributed by atoms with Gasteiger partial charge in [0, 0.05) is 35.7 Å². The van der Waals surface area contributed by atoms with E-state index in [2.05, 4.69) is 29.4 Å². The summed E-state index contributed by atoms with van der Waals surface area (Å²) < 4.78 is 6.55. The van der Waals surface area contributed by atoms with Gasteiger partial charge in [-0.3, -0.25) is 4.79 Å². The molecule has 2 aliphatic rings. The van der Waals surface area contributed by atoms with Crippen LogP contribution < -0.4 is 10.1 Å². The number of hydrogen-bond acceptors (Lipinski definition) is 5. The van der Waals surface area contributed by atoms with Gasteiger partial charge in [-0.15, -0.1) is 11.8 Å². The van der Waals surface area contributed by atoms with Crippen molar-refractivity contribution in [3.63, 3.8) is 0 Å². The molecule has 1 unspecified atom stereocenters. The number of carbonyl (C=O) groups excluding carboxylic acids is 1. The number of ether oxygens (including phenoxy) is 1. The van der Waals surface area contributed by atoms with Crippen LogP contribution in [-0.4, -0.2) is 36.5 Å². The molecule has 0 aromatic heterocycles. The fourth-order valence-electron chi connectivity index (χ4n) is 4.93. The van der Waals surface area contributed by atoms with Crippen LogP contribution in [-0.2, 0) is 5.75 Å². The molecule has 0 radical (unpaired) electrons.